The van der Waals surface area contributed by atoms with E-state index in [1.54, 1.807) is 0 Å². The molecule has 150 valence electrons. The molecule has 0 saturated carbocycles. The minimum absolute atomic E-state index is 0.0165. The zero-order valence-electron chi connectivity index (χ0n) is 14.4. The van der Waals surface area contributed by atoms with Gasteiger partial charge in [-0.2, -0.15) is 0 Å². The van der Waals surface area contributed by atoms with Gasteiger partial charge in [-0.3, -0.25) is 10.8 Å². The molecule has 3 saturated heterocycles. The molecule has 12 heteroatoms. The molecular weight excluding hydrogens is 375 g/mol. The van der Waals surface area contributed by atoms with E-state index in [2.05, 4.69) is 16.0 Å². The van der Waals surface area contributed by atoms with Crippen LogP contribution in [0.1, 0.15) is 10.4 Å². The Morgan fingerprint density at radius 2 is 1.96 bits per heavy atom. The number of esters is 1. The van der Waals surface area contributed by atoms with E-state index in [1.807, 2.05) is 0 Å². The van der Waals surface area contributed by atoms with Crippen LogP contribution in [0.3, 0.4) is 0 Å². The Morgan fingerprint density at radius 1 is 1.29 bits per heavy atom. The number of halogens is 1. The van der Waals surface area contributed by atoms with Crippen LogP contribution >= 0.6 is 0 Å². The molecule has 11 nitrogen and oxygen atoms in total. The highest BCUT2D eigenvalue weighted by molar-refractivity contribution is 5.90. The Kier molecular flexibility index (Phi) is 3.96. The Hall–Kier alpha value is -2.96. The van der Waals surface area contributed by atoms with Crippen LogP contribution < -0.4 is 16.0 Å². The van der Waals surface area contributed by atoms with Gasteiger partial charge in [0.1, 0.15) is 5.82 Å². The van der Waals surface area contributed by atoms with Crippen molar-refractivity contribution in [2.45, 2.75) is 29.6 Å². The van der Waals surface area contributed by atoms with Gasteiger partial charge < -0.3 is 40.9 Å². The number of carbonyl (C=O) groups excluding carboxylic acids is 1. The normalized spacial score (nSPS) is 32.7. The van der Waals surface area contributed by atoms with E-state index in [-0.39, 0.29) is 24.0 Å². The van der Waals surface area contributed by atoms with Crippen molar-refractivity contribution in [2.24, 2.45) is 0 Å². The molecule has 1 aromatic rings. The molecule has 4 rings (SSSR count). The standard InChI is InChI=1S/C16H19FN6O5/c17-8-3-1-7(2-4-8)12(25)28-10-5-23-14(19)20-9(6-24)11-15(23,16(10,26)27)22-13(18)21-11/h1-4,9-11,24,26-27H,5-6H2,(H2,19,20)(H3,18,21,22)/t9-,10-,11-,15?/m0/s1. The number of ether oxygens (including phenoxy) is 1. The van der Waals surface area contributed by atoms with Gasteiger partial charge in [0.05, 0.1) is 30.8 Å². The van der Waals surface area contributed by atoms with E-state index >= 15 is 0 Å². The topological polar surface area (TPSA) is 174 Å². The number of aliphatic hydroxyl groups is 3. The second-order valence-corrected chi connectivity index (χ2v) is 6.91. The molecule has 0 amide bonds. The van der Waals surface area contributed by atoms with E-state index in [4.69, 9.17) is 15.6 Å². The molecule has 1 unspecified atom stereocenters. The van der Waals surface area contributed by atoms with Crippen molar-refractivity contribution < 1.29 is 29.2 Å². The maximum atomic E-state index is 13.1. The van der Waals surface area contributed by atoms with Gasteiger partial charge in [-0.05, 0) is 24.3 Å². The van der Waals surface area contributed by atoms with Crippen LogP contribution in [0, 0.1) is 16.6 Å². The first kappa shape index (κ1) is 18.4. The van der Waals surface area contributed by atoms with Gasteiger partial charge in [0, 0.05) is 0 Å². The lowest BCUT2D eigenvalue weighted by Gasteiger charge is -2.50. The zero-order valence-corrected chi connectivity index (χ0v) is 14.4. The molecule has 8 N–H and O–H groups in total. The Balaban J connectivity index is 1.67. The Morgan fingerprint density at radius 3 is 2.61 bits per heavy atom. The van der Waals surface area contributed by atoms with Crippen molar-refractivity contribution in [3.8, 4) is 0 Å². The van der Waals surface area contributed by atoms with Gasteiger partial charge in [0.25, 0.3) is 0 Å². The maximum absolute atomic E-state index is 13.1. The number of benzene rings is 1. The van der Waals surface area contributed by atoms with Crippen LogP contribution in [0.4, 0.5) is 4.39 Å². The third-order valence-electron chi connectivity index (χ3n) is 5.37. The number of carbonyl (C=O) groups is 1. The molecule has 3 aliphatic rings. The summed E-state index contributed by atoms with van der Waals surface area (Å²) in [7, 11) is 0. The molecule has 3 aliphatic heterocycles. The summed E-state index contributed by atoms with van der Waals surface area (Å²) >= 11 is 0. The molecule has 0 aliphatic carbocycles. The van der Waals surface area contributed by atoms with Gasteiger partial charge in [-0.1, -0.05) is 0 Å². The summed E-state index contributed by atoms with van der Waals surface area (Å²) in [4.78, 5) is 13.6. The fraction of sp³-hybridized carbons (Fsp3) is 0.438. The monoisotopic (exact) mass is 394 g/mol. The van der Waals surface area contributed by atoms with E-state index < -0.39 is 48.0 Å². The second kappa shape index (κ2) is 6.02. The number of hydrogen-bond acceptors (Lipinski definition) is 7. The van der Waals surface area contributed by atoms with E-state index in [0.29, 0.717) is 0 Å². The number of nitrogens with one attached hydrogen (secondary N) is 5. The first-order valence-corrected chi connectivity index (χ1v) is 8.49. The zero-order chi connectivity index (χ0) is 20.3. The highest BCUT2D eigenvalue weighted by Crippen LogP contribution is 2.44. The van der Waals surface area contributed by atoms with Gasteiger partial charge in [0.15, 0.2) is 23.7 Å². The fourth-order valence-corrected chi connectivity index (χ4v) is 4.05. The predicted octanol–water partition coefficient (Wildman–Crippen LogP) is -2.56. The third-order valence-corrected chi connectivity index (χ3v) is 5.37. The summed E-state index contributed by atoms with van der Waals surface area (Å²) in [5.74, 6) is -4.62. The average molecular weight is 394 g/mol. The van der Waals surface area contributed by atoms with Crippen molar-refractivity contribution in [2.75, 3.05) is 13.2 Å². The van der Waals surface area contributed by atoms with Crippen LogP contribution in [0.2, 0.25) is 0 Å². The molecule has 4 atom stereocenters. The van der Waals surface area contributed by atoms with Crippen LogP contribution in [0.15, 0.2) is 24.3 Å². The summed E-state index contributed by atoms with van der Waals surface area (Å²) in [5.41, 5.74) is -1.80. The van der Waals surface area contributed by atoms with Crippen molar-refractivity contribution in [3.05, 3.63) is 35.6 Å². The summed E-state index contributed by atoms with van der Waals surface area (Å²) in [6.07, 6.45) is -1.49. The largest absolute Gasteiger partial charge is 0.451 e. The quantitative estimate of drug-likeness (QED) is 0.203. The molecule has 0 bridgehead atoms. The Labute approximate surface area is 158 Å². The molecule has 3 heterocycles. The van der Waals surface area contributed by atoms with Gasteiger partial charge in [-0.25, -0.2) is 9.18 Å². The minimum atomic E-state index is -2.72. The van der Waals surface area contributed by atoms with Crippen LogP contribution in [-0.2, 0) is 4.74 Å². The first-order chi connectivity index (χ1) is 13.2. The third kappa shape index (κ3) is 2.35. The molecule has 3 fully saturated rings. The van der Waals surface area contributed by atoms with Crippen molar-refractivity contribution in [3.63, 3.8) is 0 Å². The second-order valence-electron chi connectivity index (χ2n) is 6.91. The molecule has 1 spiro atoms. The van der Waals surface area contributed by atoms with Crippen LogP contribution in [-0.4, -0.2) is 80.9 Å². The highest BCUT2D eigenvalue weighted by atomic mass is 19.1. The summed E-state index contributed by atoms with van der Waals surface area (Å²) in [6, 6.07) is 2.84. The number of rotatable bonds is 3. The maximum Gasteiger partial charge on any atom is 0.338 e. The van der Waals surface area contributed by atoms with E-state index in [9.17, 15) is 24.5 Å². The number of aliphatic hydroxyl groups excluding tert-OH is 1. The minimum Gasteiger partial charge on any atom is -0.451 e. The molecular formula is C16H19FN6O5. The number of guanidine groups is 2. The van der Waals surface area contributed by atoms with Crippen molar-refractivity contribution >= 4 is 17.9 Å². The highest BCUT2D eigenvalue weighted by Gasteiger charge is 2.75. The van der Waals surface area contributed by atoms with Gasteiger partial charge >= 0.3 is 5.97 Å². The Bertz CT molecular complexity index is 848. The average Bonchev–Trinajstić information content (AvgIpc) is 3.11. The van der Waals surface area contributed by atoms with E-state index in [0.717, 1.165) is 12.1 Å². The summed E-state index contributed by atoms with van der Waals surface area (Å²) in [5, 5.41) is 55.7. The van der Waals surface area contributed by atoms with Gasteiger partial charge in [-0.15, -0.1) is 0 Å². The first-order valence-electron chi connectivity index (χ1n) is 8.49. The lowest BCUT2D eigenvalue weighted by molar-refractivity contribution is -0.258. The predicted molar refractivity (Wildman–Crippen MR) is 91.7 cm³/mol. The molecule has 1 aromatic carbocycles. The summed E-state index contributed by atoms with van der Waals surface area (Å²) < 4.78 is 18.3. The number of hydrogen-bond donors (Lipinski definition) is 8. The van der Waals surface area contributed by atoms with Crippen molar-refractivity contribution in [1.82, 2.24) is 20.9 Å². The van der Waals surface area contributed by atoms with Gasteiger partial charge in [0.2, 0.25) is 5.79 Å². The van der Waals surface area contributed by atoms with Crippen LogP contribution in [0.5, 0.6) is 0 Å². The lowest BCUT2D eigenvalue weighted by Crippen LogP contribution is -2.80. The lowest BCUT2D eigenvalue weighted by atomic mass is 9.85. The molecule has 0 aromatic heterocycles. The fourth-order valence-electron chi connectivity index (χ4n) is 4.05. The summed E-state index contributed by atoms with van der Waals surface area (Å²) in [6.45, 7) is -0.705. The SMILES string of the molecule is N=C1N[C@H]2[C@H](CO)NC(=N)N3C[C@H](OC(=O)c4ccc(F)cc4)C(O)(O)C23N1. The smallest absolute Gasteiger partial charge is 0.338 e. The van der Waals surface area contributed by atoms with E-state index in [1.165, 1.54) is 17.0 Å². The molecule has 28 heavy (non-hydrogen) atoms. The van der Waals surface area contributed by atoms with Crippen molar-refractivity contribution in [1.29, 1.82) is 10.8 Å². The van der Waals surface area contributed by atoms with Crippen LogP contribution in [0.25, 0.3) is 0 Å². The number of nitrogens with zero attached hydrogens (tertiary/aromatic N) is 1. The molecule has 0 radical (unpaired) electrons.